The molecule has 0 bridgehead atoms. The summed E-state index contributed by atoms with van der Waals surface area (Å²) in [6.45, 7) is 1.37. The topological polar surface area (TPSA) is 51.2 Å². The van der Waals surface area contributed by atoms with Crippen LogP contribution in [0.2, 0.25) is 0 Å². The average molecular weight is 246 g/mol. The summed E-state index contributed by atoms with van der Waals surface area (Å²) in [5.41, 5.74) is -0.253. The molecule has 0 aliphatic carbocycles. The third-order valence-corrected chi connectivity index (χ3v) is 4.81. The lowest BCUT2D eigenvalue weighted by atomic mass is 10.1. The number of sulfone groups is 1. The summed E-state index contributed by atoms with van der Waals surface area (Å²) in [4.78, 5) is 11.1. The van der Waals surface area contributed by atoms with E-state index in [1.165, 1.54) is 6.92 Å². The van der Waals surface area contributed by atoms with Gasteiger partial charge in [0.25, 0.3) is 0 Å². The van der Waals surface area contributed by atoms with Gasteiger partial charge in [0, 0.05) is 12.0 Å². The average Bonchev–Trinajstić information content (AvgIpc) is 2.19. The van der Waals surface area contributed by atoms with E-state index in [9.17, 15) is 22.0 Å². The second-order valence-electron chi connectivity index (χ2n) is 3.75. The second-order valence-corrected chi connectivity index (χ2v) is 6.08. The number of Topliss-reactive ketones (excluding diaryl/α,β-unsaturated/α-hetero) is 1. The lowest BCUT2D eigenvalue weighted by Crippen LogP contribution is -2.29. The van der Waals surface area contributed by atoms with Crippen LogP contribution in [0, 0.1) is 11.6 Å². The van der Waals surface area contributed by atoms with Crippen molar-refractivity contribution in [3.63, 3.8) is 0 Å². The van der Waals surface area contributed by atoms with Gasteiger partial charge in [0.05, 0.1) is 10.1 Å². The molecule has 2 rings (SSSR count). The number of hydrogen-bond acceptors (Lipinski definition) is 3. The number of hydrogen-bond donors (Lipinski definition) is 0. The minimum atomic E-state index is -3.72. The largest absolute Gasteiger partial charge is 0.294 e. The van der Waals surface area contributed by atoms with Crippen LogP contribution in [0.25, 0.3) is 0 Å². The molecule has 1 aliphatic rings. The Morgan fingerprint density at radius 2 is 1.81 bits per heavy atom. The summed E-state index contributed by atoms with van der Waals surface area (Å²) >= 11 is 0. The Morgan fingerprint density at radius 3 is 2.44 bits per heavy atom. The van der Waals surface area contributed by atoms with Crippen molar-refractivity contribution in [2.45, 2.75) is 23.5 Å². The molecule has 1 heterocycles. The third kappa shape index (κ3) is 1.44. The summed E-state index contributed by atoms with van der Waals surface area (Å²) < 4.78 is 49.4. The molecular weight excluding hydrogens is 238 g/mol. The van der Waals surface area contributed by atoms with Crippen molar-refractivity contribution in [1.29, 1.82) is 0 Å². The molecule has 0 spiro atoms. The fraction of sp³-hybridized carbons (Fsp3) is 0.300. The van der Waals surface area contributed by atoms with Crippen LogP contribution < -0.4 is 0 Å². The standard InChI is InChI=1S/C10H8F2O3S/c1-5-2-9(13)6-3-7(11)8(12)4-10(6)16(5,14)15/h3-5H,2H2,1H3. The van der Waals surface area contributed by atoms with Gasteiger partial charge in [-0.1, -0.05) is 0 Å². The number of halogens is 2. The van der Waals surface area contributed by atoms with E-state index in [2.05, 4.69) is 0 Å². The highest BCUT2D eigenvalue weighted by Crippen LogP contribution is 2.31. The Kier molecular flexibility index (Phi) is 2.34. The maximum Gasteiger partial charge on any atom is 0.182 e. The molecule has 0 radical (unpaired) electrons. The van der Waals surface area contributed by atoms with Crippen LogP contribution >= 0.6 is 0 Å². The molecule has 1 atom stereocenters. The quantitative estimate of drug-likeness (QED) is 0.655. The zero-order chi connectivity index (χ0) is 12.1. The molecule has 3 nitrogen and oxygen atoms in total. The van der Waals surface area contributed by atoms with Crippen LogP contribution in [0.3, 0.4) is 0 Å². The van der Waals surface area contributed by atoms with Crippen LogP contribution in [-0.2, 0) is 9.84 Å². The minimum absolute atomic E-state index is 0.194. The van der Waals surface area contributed by atoms with Crippen molar-refractivity contribution >= 4 is 15.6 Å². The van der Waals surface area contributed by atoms with Gasteiger partial charge in [0.2, 0.25) is 0 Å². The summed E-state index contributed by atoms with van der Waals surface area (Å²) in [6, 6.07) is 1.23. The van der Waals surface area contributed by atoms with Crippen molar-refractivity contribution in [2.24, 2.45) is 0 Å². The molecule has 0 N–H and O–H groups in total. The van der Waals surface area contributed by atoms with E-state index in [1.54, 1.807) is 0 Å². The predicted molar refractivity (Wildman–Crippen MR) is 52.0 cm³/mol. The van der Waals surface area contributed by atoms with Crippen LogP contribution in [0.5, 0.6) is 0 Å². The predicted octanol–water partition coefficient (Wildman–Crippen LogP) is 1.71. The van der Waals surface area contributed by atoms with Gasteiger partial charge in [-0.15, -0.1) is 0 Å². The zero-order valence-electron chi connectivity index (χ0n) is 8.33. The Balaban J connectivity index is 2.81. The van der Waals surface area contributed by atoms with Crippen molar-refractivity contribution in [3.05, 3.63) is 29.3 Å². The van der Waals surface area contributed by atoms with Crippen LogP contribution in [-0.4, -0.2) is 19.5 Å². The van der Waals surface area contributed by atoms with E-state index in [1.807, 2.05) is 0 Å². The summed E-state index contributed by atoms with van der Waals surface area (Å²) in [5, 5.41) is -0.891. The van der Waals surface area contributed by atoms with Gasteiger partial charge in [0.15, 0.2) is 27.3 Å². The molecule has 0 aromatic heterocycles. The van der Waals surface area contributed by atoms with E-state index < -0.39 is 37.4 Å². The molecule has 0 saturated heterocycles. The van der Waals surface area contributed by atoms with Gasteiger partial charge in [0.1, 0.15) is 0 Å². The molecule has 1 aromatic rings. The number of fused-ring (bicyclic) bond motifs is 1. The number of carbonyl (C=O) groups is 1. The first-order chi connectivity index (χ1) is 7.34. The van der Waals surface area contributed by atoms with Crippen molar-refractivity contribution in [3.8, 4) is 0 Å². The zero-order valence-corrected chi connectivity index (χ0v) is 9.14. The van der Waals surface area contributed by atoms with E-state index in [0.29, 0.717) is 12.1 Å². The molecule has 0 saturated carbocycles. The first-order valence-electron chi connectivity index (χ1n) is 4.60. The first kappa shape index (κ1) is 11.2. The van der Waals surface area contributed by atoms with Crippen LogP contribution in [0.15, 0.2) is 17.0 Å². The highest BCUT2D eigenvalue weighted by molar-refractivity contribution is 7.92. The summed E-state index contributed by atoms with van der Waals surface area (Å²) in [6.07, 6.45) is -0.194. The third-order valence-electron chi connectivity index (χ3n) is 2.63. The molecule has 6 heteroatoms. The van der Waals surface area contributed by atoms with Gasteiger partial charge in [-0.05, 0) is 19.1 Å². The molecule has 1 unspecified atom stereocenters. The molecule has 16 heavy (non-hydrogen) atoms. The Morgan fingerprint density at radius 1 is 1.25 bits per heavy atom. The SMILES string of the molecule is CC1CC(=O)c2cc(F)c(F)cc2S1(=O)=O. The molecule has 0 amide bonds. The maximum absolute atomic E-state index is 13.0. The smallest absolute Gasteiger partial charge is 0.182 e. The normalized spacial score (nSPS) is 22.9. The summed E-state index contributed by atoms with van der Waals surface area (Å²) in [5.74, 6) is -2.95. The molecule has 86 valence electrons. The van der Waals surface area contributed by atoms with Gasteiger partial charge >= 0.3 is 0 Å². The molecule has 1 aliphatic heterocycles. The van der Waals surface area contributed by atoms with Crippen molar-refractivity contribution in [2.75, 3.05) is 0 Å². The summed E-state index contributed by atoms with van der Waals surface area (Å²) in [7, 11) is -3.72. The molecular formula is C10H8F2O3S. The monoisotopic (exact) mass is 246 g/mol. The number of rotatable bonds is 0. The highest BCUT2D eigenvalue weighted by atomic mass is 32.2. The van der Waals surface area contributed by atoms with Crippen LogP contribution in [0.4, 0.5) is 8.78 Å². The fourth-order valence-corrected chi connectivity index (χ4v) is 3.23. The molecule has 0 fully saturated rings. The second kappa shape index (κ2) is 3.35. The lowest BCUT2D eigenvalue weighted by molar-refractivity contribution is 0.0975. The van der Waals surface area contributed by atoms with E-state index in [4.69, 9.17) is 0 Å². The van der Waals surface area contributed by atoms with E-state index >= 15 is 0 Å². The Bertz CT molecular complexity index is 578. The number of ketones is 1. The van der Waals surface area contributed by atoms with Crippen molar-refractivity contribution in [1.82, 2.24) is 0 Å². The maximum atomic E-state index is 13.0. The van der Waals surface area contributed by atoms with Gasteiger partial charge in [-0.25, -0.2) is 17.2 Å². The Hall–Kier alpha value is -1.30. The van der Waals surface area contributed by atoms with E-state index in [-0.39, 0.29) is 12.0 Å². The lowest BCUT2D eigenvalue weighted by Gasteiger charge is -2.20. The highest BCUT2D eigenvalue weighted by Gasteiger charge is 2.36. The van der Waals surface area contributed by atoms with Gasteiger partial charge < -0.3 is 0 Å². The minimum Gasteiger partial charge on any atom is -0.294 e. The fourth-order valence-electron chi connectivity index (χ4n) is 1.68. The van der Waals surface area contributed by atoms with E-state index in [0.717, 1.165) is 0 Å². The number of carbonyl (C=O) groups excluding carboxylic acids is 1. The van der Waals surface area contributed by atoms with Crippen LogP contribution in [0.1, 0.15) is 23.7 Å². The first-order valence-corrected chi connectivity index (χ1v) is 6.15. The van der Waals surface area contributed by atoms with Gasteiger partial charge in [-0.3, -0.25) is 4.79 Å². The number of benzene rings is 1. The van der Waals surface area contributed by atoms with Crippen molar-refractivity contribution < 1.29 is 22.0 Å². The molecule has 1 aromatic carbocycles. The Labute approximate surface area is 91.0 Å². The van der Waals surface area contributed by atoms with Gasteiger partial charge in [-0.2, -0.15) is 0 Å².